The summed E-state index contributed by atoms with van der Waals surface area (Å²) >= 11 is 0. The molecule has 0 unspecified atom stereocenters. The first-order chi connectivity index (χ1) is 8.58. The fourth-order valence-electron chi connectivity index (χ4n) is 1.80. The summed E-state index contributed by atoms with van der Waals surface area (Å²) in [7, 11) is 0. The molecule has 0 saturated carbocycles. The van der Waals surface area contributed by atoms with Crippen LogP contribution in [0.4, 0.5) is 11.4 Å². The summed E-state index contributed by atoms with van der Waals surface area (Å²) in [4.78, 5) is 12.1. The van der Waals surface area contributed by atoms with Crippen molar-refractivity contribution in [3.8, 4) is 0 Å². The molecule has 0 aromatic heterocycles. The topological polar surface area (TPSA) is 55.1 Å². The van der Waals surface area contributed by atoms with Gasteiger partial charge in [-0.25, -0.2) is 0 Å². The second-order valence-corrected chi connectivity index (χ2v) is 4.36. The van der Waals surface area contributed by atoms with Gasteiger partial charge in [-0.3, -0.25) is 4.79 Å². The molecular weight excluding hydrogens is 224 g/mol. The first-order valence-corrected chi connectivity index (χ1v) is 5.81. The Morgan fingerprint density at radius 2 is 1.83 bits per heavy atom. The third-order valence-corrected chi connectivity index (χ3v) is 2.85. The summed E-state index contributed by atoms with van der Waals surface area (Å²) in [6.45, 7) is 3.87. The van der Waals surface area contributed by atoms with Crippen LogP contribution in [0.25, 0.3) is 0 Å². The van der Waals surface area contributed by atoms with Gasteiger partial charge < -0.3 is 11.1 Å². The summed E-state index contributed by atoms with van der Waals surface area (Å²) in [5.41, 5.74) is 9.74. The van der Waals surface area contributed by atoms with Crippen molar-refractivity contribution in [1.82, 2.24) is 0 Å². The van der Waals surface area contributed by atoms with Crippen LogP contribution in [0.15, 0.2) is 42.5 Å². The van der Waals surface area contributed by atoms with Gasteiger partial charge in [0, 0.05) is 5.56 Å². The minimum Gasteiger partial charge on any atom is -0.397 e. The lowest BCUT2D eigenvalue weighted by molar-refractivity contribution is 0.102. The average Bonchev–Trinajstić information content (AvgIpc) is 2.34. The van der Waals surface area contributed by atoms with Crippen molar-refractivity contribution in [2.75, 3.05) is 11.1 Å². The molecule has 0 spiro atoms. The zero-order valence-electron chi connectivity index (χ0n) is 10.5. The van der Waals surface area contributed by atoms with Gasteiger partial charge in [-0.15, -0.1) is 0 Å². The first-order valence-electron chi connectivity index (χ1n) is 5.81. The van der Waals surface area contributed by atoms with Crippen LogP contribution >= 0.6 is 0 Å². The second kappa shape index (κ2) is 4.92. The van der Waals surface area contributed by atoms with Crippen molar-refractivity contribution in [2.45, 2.75) is 13.8 Å². The highest BCUT2D eigenvalue weighted by Crippen LogP contribution is 2.21. The van der Waals surface area contributed by atoms with E-state index in [1.807, 2.05) is 44.2 Å². The van der Waals surface area contributed by atoms with Crippen LogP contribution in [0.3, 0.4) is 0 Å². The molecule has 2 aromatic rings. The number of carbonyl (C=O) groups excluding carboxylic acids is 1. The predicted octanol–water partition coefficient (Wildman–Crippen LogP) is 3.14. The minimum absolute atomic E-state index is 0.134. The summed E-state index contributed by atoms with van der Waals surface area (Å²) in [5.74, 6) is -0.134. The number of anilines is 2. The molecule has 92 valence electrons. The van der Waals surface area contributed by atoms with Gasteiger partial charge in [0.05, 0.1) is 11.4 Å². The normalized spacial score (nSPS) is 10.1. The summed E-state index contributed by atoms with van der Waals surface area (Å²) in [5, 5.41) is 2.84. The smallest absolute Gasteiger partial charge is 0.255 e. The minimum atomic E-state index is -0.134. The Hall–Kier alpha value is -2.29. The van der Waals surface area contributed by atoms with Gasteiger partial charge in [-0.1, -0.05) is 24.3 Å². The van der Waals surface area contributed by atoms with Gasteiger partial charge in [0.1, 0.15) is 0 Å². The van der Waals surface area contributed by atoms with Crippen LogP contribution in [0.5, 0.6) is 0 Å². The van der Waals surface area contributed by atoms with Crippen LogP contribution in [0, 0.1) is 13.8 Å². The standard InChI is InChI=1S/C15H16N2O/c1-10-7-8-13(16)14(9-10)17-15(18)12-6-4-3-5-11(12)2/h3-9H,16H2,1-2H3,(H,17,18). The molecule has 0 fully saturated rings. The van der Waals surface area contributed by atoms with Crippen molar-refractivity contribution in [3.05, 3.63) is 59.2 Å². The van der Waals surface area contributed by atoms with E-state index in [2.05, 4.69) is 5.32 Å². The number of aryl methyl sites for hydroxylation is 2. The number of amides is 1. The molecule has 0 heterocycles. The van der Waals surface area contributed by atoms with Crippen LogP contribution in [-0.2, 0) is 0 Å². The number of hydrogen-bond donors (Lipinski definition) is 2. The molecule has 0 saturated heterocycles. The maximum absolute atomic E-state index is 12.1. The fraction of sp³-hybridized carbons (Fsp3) is 0.133. The Bertz CT molecular complexity index is 591. The number of carbonyl (C=O) groups is 1. The van der Waals surface area contributed by atoms with Gasteiger partial charge in [0.25, 0.3) is 5.91 Å². The van der Waals surface area contributed by atoms with Crippen molar-refractivity contribution >= 4 is 17.3 Å². The SMILES string of the molecule is Cc1ccc(N)c(NC(=O)c2ccccc2C)c1. The fourth-order valence-corrected chi connectivity index (χ4v) is 1.80. The molecule has 0 bridgehead atoms. The zero-order chi connectivity index (χ0) is 13.1. The lowest BCUT2D eigenvalue weighted by Crippen LogP contribution is -2.14. The first kappa shape index (κ1) is 12.2. The highest BCUT2D eigenvalue weighted by atomic mass is 16.1. The number of hydrogen-bond acceptors (Lipinski definition) is 2. The predicted molar refractivity (Wildman–Crippen MR) is 74.7 cm³/mol. The Balaban J connectivity index is 2.27. The van der Waals surface area contributed by atoms with E-state index < -0.39 is 0 Å². The van der Waals surface area contributed by atoms with Crippen molar-refractivity contribution in [3.63, 3.8) is 0 Å². The molecule has 0 atom stereocenters. The van der Waals surface area contributed by atoms with Crippen LogP contribution in [0.2, 0.25) is 0 Å². The van der Waals surface area contributed by atoms with Gasteiger partial charge in [-0.2, -0.15) is 0 Å². The molecule has 18 heavy (non-hydrogen) atoms. The van der Waals surface area contributed by atoms with Gasteiger partial charge in [0.2, 0.25) is 0 Å². The van der Waals surface area contributed by atoms with E-state index in [4.69, 9.17) is 5.73 Å². The highest BCUT2D eigenvalue weighted by Gasteiger charge is 2.09. The molecule has 2 rings (SSSR count). The second-order valence-electron chi connectivity index (χ2n) is 4.36. The molecule has 2 aromatic carbocycles. The molecule has 0 aliphatic heterocycles. The Labute approximate surface area is 107 Å². The molecule has 1 amide bonds. The number of rotatable bonds is 2. The zero-order valence-corrected chi connectivity index (χ0v) is 10.5. The molecular formula is C15H16N2O. The van der Waals surface area contributed by atoms with Crippen LogP contribution in [0.1, 0.15) is 21.5 Å². The van der Waals surface area contributed by atoms with Crippen LogP contribution < -0.4 is 11.1 Å². The lowest BCUT2D eigenvalue weighted by atomic mass is 10.1. The quantitative estimate of drug-likeness (QED) is 0.792. The van der Waals surface area contributed by atoms with Gasteiger partial charge >= 0.3 is 0 Å². The molecule has 3 N–H and O–H groups in total. The van der Waals surface area contributed by atoms with E-state index in [1.165, 1.54) is 0 Å². The molecule has 0 aliphatic rings. The summed E-state index contributed by atoms with van der Waals surface area (Å²) < 4.78 is 0. The van der Waals surface area contributed by atoms with Crippen molar-refractivity contribution < 1.29 is 4.79 Å². The maximum Gasteiger partial charge on any atom is 0.255 e. The largest absolute Gasteiger partial charge is 0.397 e. The van der Waals surface area contributed by atoms with E-state index in [0.717, 1.165) is 11.1 Å². The third-order valence-electron chi connectivity index (χ3n) is 2.85. The molecule has 0 radical (unpaired) electrons. The van der Waals surface area contributed by atoms with Gasteiger partial charge in [-0.05, 0) is 43.2 Å². The Kier molecular flexibility index (Phi) is 3.33. The lowest BCUT2D eigenvalue weighted by Gasteiger charge is -2.10. The maximum atomic E-state index is 12.1. The third kappa shape index (κ3) is 2.51. The van der Waals surface area contributed by atoms with E-state index in [9.17, 15) is 4.79 Å². The summed E-state index contributed by atoms with van der Waals surface area (Å²) in [6, 6.07) is 13.0. The number of benzene rings is 2. The number of nitrogens with one attached hydrogen (secondary N) is 1. The average molecular weight is 240 g/mol. The van der Waals surface area contributed by atoms with E-state index >= 15 is 0 Å². The number of nitrogen functional groups attached to an aromatic ring is 1. The van der Waals surface area contributed by atoms with Crippen molar-refractivity contribution in [2.24, 2.45) is 0 Å². The van der Waals surface area contributed by atoms with Crippen molar-refractivity contribution in [1.29, 1.82) is 0 Å². The number of nitrogens with two attached hydrogens (primary N) is 1. The Morgan fingerprint density at radius 3 is 2.56 bits per heavy atom. The van der Waals surface area contributed by atoms with E-state index in [0.29, 0.717) is 16.9 Å². The van der Waals surface area contributed by atoms with Gasteiger partial charge in [0.15, 0.2) is 0 Å². The van der Waals surface area contributed by atoms with E-state index in [1.54, 1.807) is 12.1 Å². The monoisotopic (exact) mass is 240 g/mol. The van der Waals surface area contributed by atoms with E-state index in [-0.39, 0.29) is 5.91 Å². The van der Waals surface area contributed by atoms with Crippen LogP contribution in [-0.4, -0.2) is 5.91 Å². The highest BCUT2D eigenvalue weighted by molar-refractivity contribution is 6.06. The molecule has 0 aliphatic carbocycles. The summed E-state index contributed by atoms with van der Waals surface area (Å²) in [6.07, 6.45) is 0. The molecule has 3 nitrogen and oxygen atoms in total. The molecule has 3 heteroatoms. The Morgan fingerprint density at radius 1 is 1.11 bits per heavy atom.